The molecule has 0 aromatic heterocycles. The molecule has 5 atom stereocenters. The van der Waals surface area contributed by atoms with Crippen LogP contribution in [0.3, 0.4) is 0 Å². The number of benzene rings is 4. The van der Waals surface area contributed by atoms with Gasteiger partial charge in [-0.25, -0.2) is 0 Å². The minimum atomic E-state index is -1.69. The van der Waals surface area contributed by atoms with Crippen LogP contribution in [-0.2, 0) is 18.0 Å². The van der Waals surface area contributed by atoms with Crippen molar-refractivity contribution in [3.8, 4) is 23.0 Å². The first-order valence-electron chi connectivity index (χ1n) is 14.3. The summed E-state index contributed by atoms with van der Waals surface area (Å²) in [5.41, 5.74) is 2.36. The predicted octanol–water partition coefficient (Wildman–Crippen LogP) is 3.63. The lowest BCUT2D eigenvalue weighted by Crippen LogP contribution is -2.60. The number of aliphatic hydroxyl groups excluding tert-OH is 4. The van der Waals surface area contributed by atoms with Crippen LogP contribution in [-0.4, -0.2) is 68.6 Å². The fraction of sp³-hybridized carbons (Fsp3) is 0.229. The molecule has 5 N–H and O–H groups in total. The fourth-order valence-electron chi connectivity index (χ4n) is 4.74. The van der Waals surface area contributed by atoms with E-state index in [0.29, 0.717) is 30.3 Å². The molecule has 4 aromatic carbocycles. The fourth-order valence-corrected chi connectivity index (χ4v) is 4.74. The number of ether oxygens (including phenoxy) is 4. The van der Waals surface area contributed by atoms with E-state index in [1.165, 1.54) is 24.3 Å². The molecular formula is C35H34O10. The van der Waals surface area contributed by atoms with Crippen LogP contribution < -0.4 is 14.2 Å². The molecule has 0 radical (unpaired) electrons. The minimum Gasteiger partial charge on any atom is -0.507 e. The third kappa shape index (κ3) is 7.88. The van der Waals surface area contributed by atoms with Gasteiger partial charge in [0.05, 0.1) is 6.61 Å². The Hall–Kier alpha value is -4.71. The quantitative estimate of drug-likeness (QED) is 0.118. The third-order valence-corrected chi connectivity index (χ3v) is 7.21. The molecule has 1 aliphatic rings. The largest absolute Gasteiger partial charge is 0.507 e. The molecule has 0 aliphatic carbocycles. The van der Waals surface area contributed by atoms with Gasteiger partial charge in [0.1, 0.15) is 54.7 Å². The number of allylic oxidation sites excluding steroid dienone is 1. The van der Waals surface area contributed by atoms with Crippen molar-refractivity contribution in [1.29, 1.82) is 0 Å². The van der Waals surface area contributed by atoms with Crippen LogP contribution in [0, 0.1) is 0 Å². The van der Waals surface area contributed by atoms with E-state index < -0.39 is 43.1 Å². The number of aliphatic hydroxyl groups is 4. The van der Waals surface area contributed by atoms with Gasteiger partial charge in [0.25, 0.3) is 0 Å². The van der Waals surface area contributed by atoms with E-state index in [1.807, 2.05) is 60.7 Å². The number of aromatic hydroxyl groups is 1. The molecule has 45 heavy (non-hydrogen) atoms. The molecule has 0 unspecified atom stereocenters. The maximum absolute atomic E-state index is 13.3. The Balaban J connectivity index is 1.35. The molecule has 1 fully saturated rings. The van der Waals surface area contributed by atoms with Crippen molar-refractivity contribution in [2.75, 3.05) is 6.61 Å². The summed E-state index contributed by atoms with van der Waals surface area (Å²) in [5, 5.41) is 50.6. The van der Waals surface area contributed by atoms with Crippen LogP contribution in [0.25, 0.3) is 6.08 Å². The van der Waals surface area contributed by atoms with Gasteiger partial charge in [-0.1, -0.05) is 78.9 Å². The monoisotopic (exact) mass is 614 g/mol. The molecule has 0 bridgehead atoms. The Kier molecular flexibility index (Phi) is 10.5. The first kappa shape index (κ1) is 31.7. The van der Waals surface area contributed by atoms with Gasteiger partial charge in [0.2, 0.25) is 6.29 Å². The van der Waals surface area contributed by atoms with Crippen LogP contribution in [0.4, 0.5) is 0 Å². The van der Waals surface area contributed by atoms with Crippen molar-refractivity contribution in [2.24, 2.45) is 0 Å². The molecule has 10 heteroatoms. The van der Waals surface area contributed by atoms with Crippen LogP contribution >= 0.6 is 0 Å². The second-order valence-corrected chi connectivity index (χ2v) is 10.4. The number of hydrogen-bond donors (Lipinski definition) is 5. The average Bonchev–Trinajstić information content (AvgIpc) is 3.07. The lowest BCUT2D eigenvalue weighted by atomic mass is 9.99. The summed E-state index contributed by atoms with van der Waals surface area (Å²) in [6, 6.07) is 28.7. The molecule has 4 aromatic rings. The zero-order valence-corrected chi connectivity index (χ0v) is 24.2. The Morgan fingerprint density at radius 1 is 0.733 bits per heavy atom. The molecule has 5 rings (SSSR count). The van der Waals surface area contributed by atoms with Crippen molar-refractivity contribution in [3.63, 3.8) is 0 Å². The highest BCUT2D eigenvalue weighted by Gasteiger charge is 2.45. The molecular weight excluding hydrogens is 580 g/mol. The predicted molar refractivity (Wildman–Crippen MR) is 164 cm³/mol. The van der Waals surface area contributed by atoms with Gasteiger partial charge in [-0.2, -0.15) is 0 Å². The van der Waals surface area contributed by atoms with Crippen molar-refractivity contribution in [3.05, 3.63) is 125 Å². The standard InChI is InChI=1S/C35H34O10/c36-19-30-32(39)33(40)34(41)35(45-30)44-28-13-7-12-25(37)31(28)26(38)16-14-22-15-17-27(42-20-23-8-3-1-4-9-23)29(18-22)43-21-24-10-5-2-6-11-24/h1-18,30,32-37,39-41H,19-21H2/b16-14+/t30-,32-,33+,34-,35-/m1/s1. The smallest absolute Gasteiger partial charge is 0.229 e. The van der Waals surface area contributed by atoms with E-state index in [2.05, 4.69) is 0 Å². The van der Waals surface area contributed by atoms with Crippen molar-refractivity contribution in [1.82, 2.24) is 0 Å². The number of rotatable bonds is 12. The van der Waals surface area contributed by atoms with Gasteiger partial charge in [0.15, 0.2) is 17.3 Å². The maximum Gasteiger partial charge on any atom is 0.229 e. The topological polar surface area (TPSA) is 155 Å². The summed E-state index contributed by atoms with van der Waals surface area (Å²) in [7, 11) is 0. The van der Waals surface area contributed by atoms with Crippen LogP contribution in [0.15, 0.2) is 103 Å². The van der Waals surface area contributed by atoms with Gasteiger partial charge in [-0.15, -0.1) is 0 Å². The summed E-state index contributed by atoms with van der Waals surface area (Å²) >= 11 is 0. The Bertz CT molecular complexity index is 1590. The van der Waals surface area contributed by atoms with Crippen molar-refractivity contribution in [2.45, 2.75) is 43.9 Å². The zero-order chi connectivity index (χ0) is 31.8. The summed E-state index contributed by atoms with van der Waals surface area (Å²) < 4.78 is 23.2. The van der Waals surface area contributed by atoms with Crippen LogP contribution in [0.5, 0.6) is 23.0 Å². The van der Waals surface area contributed by atoms with Gasteiger partial charge < -0.3 is 44.5 Å². The second kappa shape index (κ2) is 14.8. The Morgan fingerprint density at radius 2 is 1.38 bits per heavy atom. The van der Waals surface area contributed by atoms with Crippen LogP contribution in [0.1, 0.15) is 27.0 Å². The number of ketones is 1. The van der Waals surface area contributed by atoms with Gasteiger partial charge in [-0.05, 0) is 47.0 Å². The summed E-state index contributed by atoms with van der Waals surface area (Å²) in [4.78, 5) is 13.3. The highest BCUT2D eigenvalue weighted by atomic mass is 16.7. The van der Waals surface area contributed by atoms with Gasteiger partial charge in [0, 0.05) is 0 Å². The lowest BCUT2D eigenvalue weighted by Gasteiger charge is -2.39. The van der Waals surface area contributed by atoms with Crippen LogP contribution in [0.2, 0.25) is 0 Å². The molecule has 1 saturated heterocycles. The normalized spacial score (nSPS) is 21.4. The van der Waals surface area contributed by atoms with E-state index in [9.17, 15) is 30.3 Å². The Labute approximate surface area is 260 Å². The second-order valence-electron chi connectivity index (χ2n) is 10.4. The minimum absolute atomic E-state index is 0.134. The van der Waals surface area contributed by atoms with E-state index in [4.69, 9.17) is 18.9 Å². The van der Waals surface area contributed by atoms with Gasteiger partial charge >= 0.3 is 0 Å². The van der Waals surface area contributed by atoms with Gasteiger partial charge in [-0.3, -0.25) is 4.79 Å². The van der Waals surface area contributed by atoms with E-state index >= 15 is 0 Å². The molecule has 10 nitrogen and oxygen atoms in total. The average molecular weight is 615 g/mol. The number of carbonyl (C=O) groups is 1. The molecule has 0 spiro atoms. The molecule has 1 heterocycles. The summed E-state index contributed by atoms with van der Waals surface area (Å²) in [6.07, 6.45) is -4.89. The summed E-state index contributed by atoms with van der Waals surface area (Å²) in [6.45, 7) is -0.0155. The Morgan fingerprint density at radius 3 is 2.02 bits per heavy atom. The lowest BCUT2D eigenvalue weighted by molar-refractivity contribution is -0.277. The highest BCUT2D eigenvalue weighted by Crippen LogP contribution is 2.33. The first-order valence-corrected chi connectivity index (χ1v) is 14.3. The number of phenols is 1. The maximum atomic E-state index is 13.3. The first-order chi connectivity index (χ1) is 21.8. The van der Waals surface area contributed by atoms with E-state index in [-0.39, 0.29) is 17.1 Å². The number of phenolic OH excluding ortho intramolecular Hbond substituents is 1. The third-order valence-electron chi connectivity index (χ3n) is 7.21. The van der Waals surface area contributed by atoms with Crippen molar-refractivity contribution < 1.29 is 49.3 Å². The molecule has 0 saturated carbocycles. The molecule has 0 amide bonds. The zero-order valence-electron chi connectivity index (χ0n) is 24.2. The molecule has 1 aliphatic heterocycles. The SMILES string of the molecule is O=C(/C=C/c1ccc(OCc2ccccc2)c(OCc2ccccc2)c1)c1c(O)cccc1O[C@@H]1O[C@H](CO)[C@@H](O)[C@H](O)[C@H]1O. The highest BCUT2D eigenvalue weighted by molar-refractivity contribution is 6.10. The number of carbonyl (C=O) groups excluding carboxylic acids is 1. The summed E-state index contributed by atoms with van der Waals surface area (Å²) in [5.74, 6) is -0.148. The molecule has 234 valence electrons. The van der Waals surface area contributed by atoms with E-state index in [0.717, 1.165) is 11.1 Å². The van der Waals surface area contributed by atoms with Crippen molar-refractivity contribution >= 4 is 11.9 Å². The van der Waals surface area contributed by atoms with E-state index in [1.54, 1.807) is 24.3 Å². The number of hydrogen-bond acceptors (Lipinski definition) is 10.